The molecule has 0 spiro atoms. The molecular formula is C27H29NO10. The van der Waals surface area contributed by atoms with Gasteiger partial charge in [-0.3, -0.25) is 14.4 Å². The highest BCUT2D eigenvalue weighted by molar-refractivity contribution is 6.31. The van der Waals surface area contributed by atoms with E-state index in [2.05, 4.69) is 0 Å². The Kier molecular flexibility index (Phi) is 6.32. The lowest BCUT2D eigenvalue weighted by Crippen LogP contribution is -2.52. The number of methoxy groups -OCH3 is 1. The monoisotopic (exact) mass is 527 g/mol. The molecule has 1 saturated heterocycles. The Balaban J connectivity index is 1.68. The van der Waals surface area contributed by atoms with Crippen molar-refractivity contribution in [3.8, 4) is 17.2 Å². The molecule has 6 atom stereocenters. The first-order chi connectivity index (χ1) is 17.9. The van der Waals surface area contributed by atoms with Gasteiger partial charge in [-0.15, -0.1) is 0 Å². The van der Waals surface area contributed by atoms with E-state index in [4.69, 9.17) is 19.9 Å². The van der Waals surface area contributed by atoms with Gasteiger partial charge in [0.25, 0.3) is 0 Å². The number of carbonyl (C=O) groups excluding carboxylic acids is 3. The second-order valence-corrected chi connectivity index (χ2v) is 10.1. The Bertz CT molecular complexity index is 1360. The minimum Gasteiger partial charge on any atom is -0.507 e. The van der Waals surface area contributed by atoms with Crippen LogP contribution in [0.2, 0.25) is 0 Å². The van der Waals surface area contributed by atoms with Crippen molar-refractivity contribution in [2.45, 2.75) is 69.4 Å². The fraction of sp³-hybridized carbons (Fsp3) is 0.444. The maximum Gasteiger partial charge on any atom is 0.202 e. The Morgan fingerprint density at radius 3 is 2.45 bits per heavy atom. The van der Waals surface area contributed by atoms with Gasteiger partial charge in [0, 0.05) is 42.0 Å². The first-order valence-electron chi connectivity index (χ1n) is 12.2. The first-order valence-corrected chi connectivity index (χ1v) is 12.2. The van der Waals surface area contributed by atoms with Gasteiger partial charge in [0.15, 0.2) is 17.9 Å². The van der Waals surface area contributed by atoms with E-state index in [9.17, 15) is 34.8 Å². The van der Waals surface area contributed by atoms with E-state index in [1.165, 1.54) is 32.2 Å². The molecular weight excluding hydrogens is 498 g/mol. The predicted molar refractivity (Wildman–Crippen MR) is 130 cm³/mol. The maximum atomic E-state index is 13.6. The molecule has 1 heterocycles. The molecule has 0 saturated carbocycles. The smallest absolute Gasteiger partial charge is 0.202 e. The Hall–Kier alpha value is -3.35. The van der Waals surface area contributed by atoms with Crippen molar-refractivity contribution < 1.29 is 49.0 Å². The standard InChI is InChI=1S/C27H29NO10/c1-10-22(30)14(28)7-17(37-10)38-16-9-27(35,11(2)29)8-13-19(16)26(34)21-20(24(13)32)23(31)12-5-4-6-15(36-3)18(12)25(21)33/h4-6,10,14,16-17,22,30,32,34-35H,7-9,28H2,1-3H3/t10?,14-,16-,17-,22+,27-/m0/s1. The summed E-state index contributed by atoms with van der Waals surface area (Å²) in [6.07, 6.45) is -4.53. The predicted octanol–water partition coefficient (Wildman–Crippen LogP) is 1.03. The number of carbonyl (C=O) groups is 3. The third-order valence-electron chi connectivity index (χ3n) is 7.80. The van der Waals surface area contributed by atoms with Crippen LogP contribution in [0.3, 0.4) is 0 Å². The average molecular weight is 528 g/mol. The van der Waals surface area contributed by atoms with Gasteiger partial charge in [-0.1, -0.05) is 12.1 Å². The summed E-state index contributed by atoms with van der Waals surface area (Å²) in [6, 6.07) is 3.75. The van der Waals surface area contributed by atoms with Crippen molar-refractivity contribution in [3.63, 3.8) is 0 Å². The second kappa shape index (κ2) is 9.14. The Morgan fingerprint density at radius 2 is 1.82 bits per heavy atom. The van der Waals surface area contributed by atoms with E-state index < -0.39 is 82.6 Å². The summed E-state index contributed by atoms with van der Waals surface area (Å²) in [6.45, 7) is 2.79. The molecule has 2 aliphatic carbocycles. The van der Waals surface area contributed by atoms with Crippen LogP contribution in [0.1, 0.15) is 75.8 Å². The van der Waals surface area contributed by atoms with Crippen LogP contribution in [0.5, 0.6) is 17.2 Å². The van der Waals surface area contributed by atoms with Crippen LogP contribution in [-0.4, -0.2) is 75.0 Å². The summed E-state index contributed by atoms with van der Waals surface area (Å²) in [5.41, 5.74) is 2.97. The van der Waals surface area contributed by atoms with Crippen LogP contribution >= 0.6 is 0 Å². The summed E-state index contributed by atoms with van der Waals surface area (Å²) in [7, 11) is 1.34. The van der Waals surface area contributed by atoms with Crippen molar-refractivity contribution in [2.24, 2.45) is 5.73 Å². The minimum absolute atomic E-state index is 0.0147. The van der Waals surface area contributed by atoms with Crippen LogP contribution in [0.15, 0.2) is 18.2 Å². The normalized spacial score (nSPS) is 30.3. The maximum absolute atomic E-state index is 13.6. The van der Waals surface area contributed by atoms with Crippen LogP contribution < -0.4 is 10.5 Å². The number of benzene rings is 2. The molecule has 11 heteroatoms. The first kappa shape index (κ1) is 26.3. The second-order valence-electron chi connectivity index (χ2n) is 10.1. The van der Waals surface area contributed by atoms with Crippen molar-refractivity contribution in [2.75, 3.05) is 7.11 Å². The molecule has 2 aromatic rings. The number of aliphatic hydroxyl groups is 2. The Labute approximate surface area is 217 Å². The van der Waals surface area contributed by atoms with E-state index in [0.29, 0.717) is 0 Å². The number of ketones is 3. The molecule has 1 fully saturated rings. The number of nitrogens with two attached hydrogens (primary N) is 1. The van der Waals surface area contributed by atoms with Crippen LogP contribution in [-0.2, 0) is 20.7 Å². The fourth-order valence-corrected chi connectivity index (χ4v) is 5.66. The summed E-state index contributed by atoms with van der Waals surface area (Å²) >= 11 is 0. The van der Waals surface area contributed by atoms with Gasteiger partial charge < -0.3 is 40.4 Å². The van der Waals surface area contributed by atoms with E-state index in [-0.39, 0.29) is 40.8 Å². The molecule has 3 aliphatic rings. The fourth-order valence-electron chi connectivity index (χ4n) is 5.66. The molecule has 0 aromatic heterocycles. The zero-order chi connectivity index (χ0) is 27.7. The molecule has 202 valence electrons. The van der Waals surface area contributed by atoms with Crippen molar-refractivity contribution >= 4 is 17.3 Å². The summed E-state index contributed by atoms with van der Waals surface area (Å²) in [5.74, 6) is -3.18. The number of ether oxygens (including phenoxy) is 3. The molecule has 5 rings (SSSR count). The van der Waals surface area contributed by atoms with E-state index in [0.717, 1.165) is 0 Å². The van der Waals surface area contributed by atoms with Gasteiger partial charge >= 0.3 is 0 Å². The topological polar surface area (TPSA) is 186 Å². The lowest BCUT2D eigenvalue weighted by Gasteiger charge is -2.42. The highest BCUT2D eigenvalue weighted by Gasteiger charge is 2.49. The number of aromatic hydroxyl groups is 2. The zero-order valence-electron chi connectivity index (χ0n) is 21.1. The third-order valence-corrected chi connectivity index (χ3v) is 7.80. The highest BCUT2D eigenvalue weighted by Crippen LogP contribution is 2.52. The molecule has 1 aliphatic heterocycles. The minimum atomic E-state index is -2.00. The van der Waals surface area contributed by atoms with Crippen molar-refractivity contribution in [1.82, 2.24) is 0 Å². The van der Waals surface area contributed by atoms with Gasteiger partial charge in [0.2, 0.25) is 5.78 Å². The Morgan fingerprint density at radius 1 is 1.13 bits per heavy atom. The SMILES string of the molecule is COc1cccc2c1C(=O)c1c(O)c3c(c(O)c1C2=O)C[C@@](O)(C(C)=O)C[C@@H]3O[C@H]1C[C@H](N)[C@H](O)C(C)O1. The number of Topliss-reactive ketones (excluding diaryl/α,β-unsaturated/α-hetero) is 1. The third kappa shape index (κ3) is 3.81. The lowest BCUT2D eigenvalue weighted by atomic mass is 9.72. The molecule has 11 nitrogen and oxygen atoms in total. The van der Waals surface area contributed by atoms with Crippen molar-refractivity contribution in [3.05, 3.63) is 51.6 Å². The summed E-state index contributed by atoms with van der Waals surface area (Å²) < 4.78 is 17.1. The van der Waals surface area contributed by atoms with Gasteiger partial charge in [0.05, 0.1) is 42.1 Å². The summed E-state index contributed by atoms with van der Waals surface area (Å²) in [5, 5.41) is 44.1. The number of phenolic OH excluding ortho intramolecular Hbond substituents is 2. The number of hydrogen-bond acceptors (Lipinski definition) is 11. The van der Waals surface area contributed by atoms with Gasteiger partial charge in [-0.05, 0) is 19.9 Å². The molecule has 0 amide bonds. The number of rotatable bonds is 4. The van der Waals surface area contributed by atoms with Crippen LogP contribution in [0, 0.1) is 0 Å². The van der Waals surface area contributed by atoms with Gasteiger partial charge in [-0.25, -0.2) is 0 Å². The van der Waals surface area contributed by atoms with E-state index >= 15 is 0 Å². The van der Waals surface area contributed by atoms with E-state index in [1.807, 2.05) is 0 Å². The van der Waals surface area contributed by atoms with Crippen molar-refractivity contribution in [1.29, 1.82) is 0 Å². The van der Waals surface area contributed by atoms with Gasteiger partial charge in [-0.2, -0.15) is 0 Å². The lowest BCUT2D eigenvalue weighted by molar-refractivity contribution is -0.247. The largest absolute Gasteiger partial charge is 0.507 e. The summed E-state index contributed by atoms with van der Waals surface area (Å²) in [4.78, 5) is 39.6. The number of phenols is 2. The average Bonchev–Trinajstić information content (AvgIpc) is 2.87. The highest BCUT2D eigenvalue weighted by atomic mass is 16.7. The molecule has 0 radical (unpaired) electrons. The molecule has 1 unspecified atom stereocenters. The molecule has 38 heavy (non-hydrogen) atoms. The molecule has 2 aromatic carbocycles. The van der Waals surface area contributed by atoms with Gasteiger partial charge in [0.1, 0.15) is 22.8 Å². The number of aliphatic hydroxyl groups excluding tert-OH is 1. The van der Waals surface area contributed by atoms with E-state index in [1.54, 1.807) is 6.92 Å². The quantitative estimate of drug-likeness (QED) is 0.305. The molecule has 6 N–H and O–H groups in total. The number of hydrogen-bond donors (Lipinski definition) is 5. The van der Waals surface area contributed by atoms with Crippen LogP contribution in [0.4, 0.5) is 0 Å². The van der Waals surface area contributed by atoms with Crippen LogP contribution in [0.25, 0.3) is 0 Å². The number of fused-ring (bicyclic) bond motifs is 3. The zero-order valence-corrected chi connectivity index (χ0v) is 21.1. The molecule has 0 bridgehead atoms.